The van der Waals surface area contributed by atoms with Crippen LogP contribution in [0.15, 0.2) is 10.9 Å². The average molecular weight is 440 g/mol. The first kappa shape index (κ1) is 24.8. The summed E-state index contributed by atoms with van der Waals surface area (Å²) in [5, 5.41) is 23.7. The third kappa shape index (κ3) is 7.96. The van der Waals surface area contributed by atoms with Gasteiger partial charge in [0, 0.05) is 18.2 Å². The average Bonchev–Trinajstić information content (AvgIpc) is 3.21. The lowest BCUT2D eigenvalue weighted by atomic mass is 9.81. The van der Waals surface area contributed by atoms with Gasteiger partial charge >= 0.3 is 0 Å². The van der Waals surface area contributed by atoms with Crippen molar-refractivity contribution >= 4 is 23.2 Å². The van der Waals surface area contributed by atoms with Crippen molar-refractivity contribution in [2.45, 2.75) is 96.4 Å². The Balaban J connectivity index is 2.27. The van der Waals surface area contributed by atoms with Crippen LogP contribution in [0.5, 0.6) is 0 Å². The van der Waals surface area contributed by atoms with E-state index in [9.17, 15) is 19.8 Å². The van der Waals surface area contributed by atoms with Crippen LogP contribution in [0, 0.1) is 11.8 Å². The molecule has 1 aliphatic carbocycles. The normalized spacial score (nSPS) is 18.2. The first-order valence-electron chi connectivity index (χ1n) is 11.1. The summed E-state index contributed by atoms with van der Waals surface area (Å²) in [6.07, 6.45) is 4.78. The molecule has 1 saturated carbocycles. The summed E-state index contributed by atoms with van der Waals surface area (Å²) >= 11 is 1.45. The zero-order valence-corrected chi connectivity index (χ0v) is 19.0. The van der Waals surface area contributed by atoms with Crippen LogP contribution >= 0.6 is 11.3 Å². The maximum absolute atomic E-state index is 13.1. The van der Waals surface area contributed by atoms with Crippen molar-refractivity contribution in [3.63, 3.8) is 0 Å². The van der Waals surface area contributed by atoms with Gasteiger partial charge in [-0.05, 0) is 24.7 Å². The molecule has 0 spiro atoms. The lowest BCUT2D eigenvalue weighted by Crippen LogP contribution is -2.52. The van der Waals surface area contributed by atoms with Crippen molar-refractivity contribution in [1.82, 2.24) is 9.88 Å². The van der Waals surface area contributed by atoms with Crippen LogP contribution in [0.25, 0.3) is 0 Å². The molecule has 1 aromatic heterocycles. The van der Waals surface area contributed by atoms with E-state index in [1.807, 2.05) is 19.2 Å². The maximum Gasteiger partial charge on any atom is 0.223 e. The van der Waals surface area contributed by atoms with E-state index in [4.69, 9.17) is 5.73 Å². The molecule has 1 heterocycles. The van der Waals surface area contributed by atoms with Crippen molar-refractivity contribution in [3.05, 3.63) is 16.6 Å². The van der Waals surface area contributed by atoms with E-state index < -0.39 is 24.2 Å². The van der Waals surface area contributed by atoms with Crippen LogP contribution in [-0.4, -0.2) is 50.2 Å². The number of hydrogen-bond donors (Lipinski definition) is 3. The van der Waals surface area contributed by atoms with Crippen LogP contribution in [0.4, 0.5) is 0 Å². The summed E-state index contributed by atoms with van der Waals surface area (Å²) in [6.45, 7) is 4.25. The van der Waals surface area contributed by atoms with Crippen LogP contribution in [0.2, 0.25) is 0 Å². The number of carbonyl (C=O) groups is 2. The second-order valence-electron chi connectivity index (χ2n) is 8.96. The predicted molar refractivity (Wildman–Crippen MR) is 118 cm³/mol. The Kier molecular flexibility index (Phi) is 10.2. The minimum Gasteiger partial charge on any atom is -0.390 e. The minimum atomic E-state index is -1.05. The predicted octanol–water partition coefficient (Wildman–Crippen LogP) is 2.84. The van der Waals surface area contributed by atoms with E-state index in [1.54, 1.807) is 10.4 Å². The Morgan fingerprint density at radius 2 is 1.93 bits per heavy atom. The molecule has 2 rings (SSSR count). The third-order valence-electron chi connectivity index (χ3n) is 5.92. The molecule has 8 heteroatoms. The molecule has 170 valence electrons. The Morgan fingerprint density at radius 3 is 2.50 bits per heavy atom. The molecule has 3 atom stereocenters. The molecule has 0 saturated heterocycles. The summed E-state index contributed by atoms with van der Waals surface area (Å²) in [7, 11) is 0. The quantitative estimate of drug-likeness (QED) is 0.463. The summed E-state index contributed by atoms with van der Waals surface area (Å²) in [6, 6.07) is -0.524. The number of thiazole rings is 1. The first-order valence-corrected chi connectivity index (χ1v) is 12.0. The number of aromatic nitrogens is 1. The second-order valence-corrected chi connectivity index (χ2v) is 9.68. The minimum absolute atomic E-state index is 0.00632. The zero-order valence-electron chi connectivity index (χ0n) is 18.2. The van der Waals surface area contributed by atoms with Crippen molar-refractivity contribution in [2.24, 2.45) is 17.6 Å². The van der Waals surface area contributed by atoms with Crippen LogP contribution in [0.3, 0.4) is 0 Å². The lowest BCUT2D eigenvalue weighted by molar-refractivity contribution is -0.142. The van der Waals surface area contributed by atoms with E-state index >= 15 is 0 Å². The highest BCUT2D eigenvalue weighted by Crippen LogP contribution is 2.31. The SMILES string of the molecule is CC(C)C[C@H](O)[C@H](O)[C@H](CC1CCCCC1)N(Cc1cscn1)C(=O)CCC(N)=O. The van der Waals surface area contributed by atoms with Gasteiger partial charge in [-0.25, -0.2) is 4.98 Å². The number of primary amides is 1. The Bertz CT molecular complexity index is 647. The van der Waals surface area contributed by atoms with Crippen molar-refractivity contribution < 1.29 is 19.8 Å². The number of aliphatic hydroxyl groups excluding tert-OH is 2. The van der Waals surface area contributed by atoms with Gasteiger partial charge in [-0.3, -0.25) is 9.59 Å². The van der Waals surface area contributed by atoms with Gasteiger partial charge in [0.15, 0.2) is 0 Å². The van der Waals surface area contributed by atoms with E-state index in [-0.39, 0.29) is 31.2 Å². The molecule has 1 fully saturated rings. The van der Waals surface area contributed by atoms with Crippen LogP contribution in [0.1, 0.15) is 77.3 Å². The number of nitrogens with zero attached hydrogens (tertiary/aromatic N) is 2. The number of aliphatic hydroxyl groups is 2. The van der Waals surface area contributed by atoms with Crippen molar-refractivity contribution in [3.8, 4) is 0 Å². The fraction of sp³-hybridized carbons (Fsp3) is 0.773. The molecule has 30 heavy (non-hydrogen) atoms. The number of nitrogens with two attached hydrogens (primary N) is 1. The largest absolute Gasteiger partial charge is 0.390 e. The number of hydrogen-bond acceptors (Lipinski definition) is 6. The number of rotatable bonds is 12. The van der Waals surface area contributed by atoms with Gasteiger partial charge in [0.05, 0.1) is 29.9 Å². The highest BCUT2D eigenvalue weighted by Gasteiger charge is 2.36. The molecule has 0 radical (unpaired) electrons. The van der Waals surface area contributed by atoms with Crippen LogP contribution < -0.4 is 5.73 Å². The molecule has 4 N–H and O–H groups in total. The lowest BCUT2D eigenvalue weighted by Gasteiger charge is -2.39. The molecule has 7 nitrogen and oxygen atoms in total. The monoisotopic (exact) mass is 439 g/mol. The molecule has 1 aromatic rings. The maximum atomic E-state index is 13.1. The van der Waals surface area contributed by atoms with Gasteiger partial charge in [0.2, 0.25) is 11.8 Å². The fourth-order valence-electron chi connectivity index (χ4n) is 4.35. The summed E-state index contributed by atoms with van der Waals surface area (Å²) in [4.78, 5) is 30.3. The highest BCUT2D eigenvalue weighted by atomic mass is 32.1. The van der Waals surface area contributed by atoms with Crippen LogP contribution in [-0.2, 0) is 16.1 Å². The van der Waals surface area contributed by atoms with E-state index in [0.717, 1.165) is 31.4 Å². The summed E-state index contributed by atoms with van der Waals surface area (Å²) in [5.74, 6) is -0.131. The molecule has 2 amide bonds. The Hall–Kier alpha value is -1.51. The smallest absolute Gasteiger partial charge is 0.223 e. The van der Waals surface area contributed by atoms with Gasteiger partial charge in [0.1, 0.15) is 6.10 Å². The van der Waals surface area contributed by atoms with E-state index in [0.29, 0.717) is 18.8 Å². The van der Waals surface area contributed by atoms with Crippen molar-refractivity contribution in [2.75, 3.05) is 0 Å². The highest BCUT2D eigenvalue weighted by molar-refractivity contribution is 7.07. The molecule has 1 aliphatic rings. The van der Waals surface area contributed by atoms with Gasteiger partial charge in [-0.1, -0.05) is 46.0 Å². The summed E-state index contributed by atoms with van der Waals surface area (Å²) < 4.78 is 0. The van der Waals surface area contributed by atoms with E-state index in [2.05, 4.69) is 4.98 Å². The Morgan fingerprint density at radius 1 is 1.23 bits per heavy atom. The molecule has 0 unspecified atom stereocenters. The fourth-order valence-corrected chi connectivity index (χ4v) is 4.90. The van der Waals surface area contributed by atoms with Crippen molar-refractivity contribution in [1.29, 1.82) is 0 Å². The van der Waals surface area contributed by atoms with Gasteiger partial charge in [-0.2, -0.15) is 0 Å². The third-order valence-corrected chi connectivity index (χ3v) is 6.56. The van der Waals surface area contributed by atoms with Gasteiger partial charge in [0.25, 0.3) is 0 Å². The molecule has 0 aromatic carbocycles. The summed E-state index contributed by atoms with van der Waals surface area (Å²) in [5.41, 5.74) is 7.71. The molecule has 0 aliphatic heterocycles. The second kappa shape index (κ2) is 12.4. The zero-order chi connectivity index (χ0) is 22.1. The number of amides is 2. The number of carbonyl (C=O) groups excluding carboxylic acids is 2. The topological polar surface area (TPSA) is 117 Å². The molecule has 0 bridgehead atoms. The van der Waals surface area contributed by atoms with Gasteiger partial charge in [-0.15, -0.1) is 11.3 Å². The first-order chi connectivity index (χ1) is 14.3. The Labute approximate surface area is 183 Å². The standard InChI is InChI=1S/C22H37N3O4S/c1-15(2)10-19(26)22(29)18(11-16-6-4-3-5-7-16)25(12-17-13-30-14-24-17)21(28)9-8-20(23)27/h13-16,18-19,22,26,29H,3-12H2,1-2H3,(H2,23,27)/t18-,19-,22+/m0/s1. The van der Waals surface area contributed by atoms with Gasteiger partial charge < -0.3 is 20.8 Å². The van der Waals surface area contributed by atoms with E-state index in [1.165, 1.54) is 17.8 Å². The molecular weight excluding hydrogens is 402 g/mol. The molecular formula is C22H37N3O4S.